The summed E-state index contributed by atoms with van der Waals surface area (Å²) in [6, 6.07) is 4.30. The summed E-state index contributed by atoms with van der Waals surface area (Å²) >= 11 is 0. The number of rotatable bonds is 1. The molecule has 24 heavy (non-hydrogen) atoms. The third kappa shape index (κ3) is 2.40. The number of benzene rings is 1. The molecule has 1 aromatic rings. The van der Waals surface area contributed by atoms with Gasteiger partial charge in [-0.05, 0) is 24.6 Å². The summed E-state index contributed by atoms with van der Waals surface area (Å²) in [6.07, 6.45) is 0.356. The monoisotopic (exact) mass is 354 g/mol. The van der Waals surface area contributed by atoms with E-state index in [1.54, 1.807) is 19.1 Å². The number of carbonyl (C=O) groups is 2. The van der Waals surface area contributed by atoms with E-state index in [1.807, 2.05) is 0 Å². The van der Waals surface area contributed by atoms with Crippen LogP contribution in [-0.2, 0) is 14.6 Å². The van der Waals surface area contributed by atoms with Crippen molar-refractivity contribution >= 4 is 21.7 Å². The molecule has 0 atom stereocenters. The third-order valence-corrected chi connectivity index (χ3v) is 7.60. The quantitative estimate of drug-likeness (QED) is 0.753. The van der Waals surface area contributed by atoms with E-state index in [-0.39, 0.29) is 37.4 Å². The van der Waals surface area contributed by atoms with Crippen molar-refractivity contribution in [3.63, 3.8) is 0 Å². The molecule has 1 spiro atoms. The maximum absolute atomic E-state index is 13.6. The fourth-order valence-corrected chi connectivity index (χ4v) is 5.55. The van der Waals surface area contributed by atoms with E-state index in [1.165, 1.54) is 22.9 Å². The Bertz CT molecular complexity index is 813. The van der Waals surface area contributed by atoms with E-state index in [0.717, 1.165) is 0 Å². The Morgan fingerprint density at radius 2 is 1.88 bits per heavy atom. The first-order chi connectivity index (χ1) is 11.2. The van der Waals surface area contributed by atoms with Gasteiger partial charge in [0.15, 0.2) is 9.84 Å². The Morgan fingerprint density at radius 1 is 1.25 bits per heavy atom. The zero-order valence-electron chi connectivity index (χ0n) is 13.6. The molecule has 2 fully saturated rings. The van der Waals surface area contributed by atoms with Crippen LogP contribution in [0.3, 0.4) is 0 Å². The van der Waals surface area contributed by atoms with Crippen LogP contribution in [0, 0.1) is 12.7 Å². The molecular weight excluding hydrogens is 335 g/mol. The SMILES string of the molecule is Cc1ccc(C(=O)N2CCC3(CC2)N(C)C(=O)CS3(=O)=O)cc1F. The van der Waals surface area contributed by atoms with Gasteiger partial charge < -0.3 is 9.80 Å². The van der Waals surface area contributed by atoms with Gasteiger partial charge in [-0.15, -0.1) is 0 Å². The predicted molar refractivity (Wildman–Crippen MR) is 85.6 cm³/mol. The van der Waals surface area contributed by atoms with Crippen LogP contribution in [0.4, 0.5) is 4.39 Å². The van der Waals surface area contributed by atoms with Gasteiger partial charge in [0.05, 0.1) is 0 Å². The second kappa shape index (κ2) is 5.54. The number of piperidine rings is 1. The van der Waals surface area contributed by atoms with Crippen molar-refractivity contribution in [3.05, 3.63) is 35.1 Å². The zero-order chi connectivity index (χ0) is 17.7. The Kier molecular flexibility index (Phi) is 3.90. The molecule has 0 aliphatic carbocycles. The number of aryl methyl sites for hydroxylation is 1. The first-order valence-electron chi connectivity index (χ1n) is 7.72. The lowest BCUT2D eigenvalue weighted by Crippen LogP contribution is -2.55. The van der Waals surface area contributed by atoms with E-state index in [2.05, 4.69) is 0 Å². The lowest BCUT2D eigenvalue weighted by molar-refractivity contribution is -0.129. The summed E-state index contributed by atoms with van der Waals surface area (Å²) in [4.78, 5) is 25.9. The van der Waals surface area contributed by atoms with Crippen LogP contribution >= 0.6 is 0 Å². The van der Waals surface area contributed by atoms with Crippen molar-refractivity contribution in [1.82, 2.24) is 9.80 Å². The molecule has 130 valence electrons. The minimum absolute atomic E-state index is 0.178. The van der Waals surface area contributed by atoms with Gasteiger partial charge in [0.25, 0.3) is 5.91 Å². The van der Waals surface area contributed by atoms with Crippen molar-refractivity contribution in [1.29, 1.82) is 0 Å². The second-order valence-electron chi connectivity index (χ2n) is 6.41. The summed E-state index contributed by atoms with van der Waals surface area (Å²) in [7, 11) is -2.06. The molecule has 6 nitrogen and oxygen atoms in total. The molecule has 2 heterocycles. The van der Waals surface area contributed by atoms with E-state index >= 15 is 0 Å². The third-order valence-electron chi connectivity index (χ3n) is 5.13. The molecule has 0 aromatic heterocycles. The highest BCUT2D eigenvalue weighted by molar-refractivity contribution is 7.93. The zero-order valence-corrected chi connectivity index (χ0v) is 14.4. The van der Waals surface area contributed by atoms with Gasteiger partial charge in [0, 0.05) is 38.5 Å². The molecule has 2 aliphatic heterocycles. The standard InChI is InChI=1S/C16H19FN2O4S/c1-11-3-4-12(9-13(11)17)15(21)19-7-5-16(6-8-19)18(2)14(20)10-24(16,22)23/h3-4,9H,5-8,10H2,1-2H3. The number of nitrogens with zero attached hydrogens (tertiary/aromatic N) is 2. The number of hydrogen-bond donors (Lipinski definition) is 0. The fourth-order valence-electron chi connectivity index (χ4n) is 3.44. The lowest BCUT2D eigenvalue weighted by Gasteiger charge is -2.41. The minimum Gasteiger partial charge on any atom is -0.338 e. The summed E-state index contributed by atoms with van der Waals surface area (Å²) in [6.45, 7) is 2.04. The summed E-state index contributed by atoms with van der Waals surface area (Å²) in [5.74, 6) is -1.65. The molecule has 0 unspecified atom stereocenters. The highest BCUT2D eigenvalue weighted by Crippen LogP contribution is 2.39. The molecule has 0 radical (unpaired) electrons. The van der Waals surface area contributed by atoms with Crippen LogP contribution in [-0.4, -0.2) is 60.8 Å². The van der Waals surface area contributed by atoms with Gasteiger partial charge >= 0.3 is 0 Å². The number of halogens is 1. The topological polar surface area (TPSA) is 74.8 Å². The smallest absolute Gasteiger partial charge is 0.253 e. The number of amides is 2. The first kappa shape index (κ1) is 16.9. The summed E-state index contributed by atoms with van der Waals surface area (Å²) in [5, 5.41) is 0. The molecule has 0 saturated carbocycles. The van der Waals surface area contributed by atoms with E-state index < -0.39 is 32.2 Å². The molecule has 8 heteroatoms. The van der Waals surface area contributed by atoms with Gasteiger partial charge in [-0.25, -0.2) is 12.8 Å². The molecular formula is C16H19FN2O4S. The van der Waals surface area contributed by atoms with Gasteiger partial charge in [-0.2, -0.15) is 0 Å². The first-order valence-corrected chi connectivity index (χ1v) is 9.37. The summed E-state index contributed by atoms with van der Waals surface area (Å²) in [5.41, 5.74) is 0.703. The lowest BCUT2D eigenvalue weighted by atomic mass is 10.0. The maximum atomic E-state index is 13.6. The largest absolute Gasteiger partial charge is 0.338 e. The molecule has 2 aliphatic rings. The summed E-state index contributed by atoms with van der Waals surface area (Å²) < 4.78 is 38.4. The number of hydrogen-bond acceptors (Lipinski definition) is 4. The van der Waals surface area contributed by atoms with Crippen molar-refractivity contribution < 1.29 is 22.4 Å². The average Bonchev–Trinajstić information content (AvgIpc) is 2.70. The highest BCUT2D eigenvalue weighted by Gasteiger charge is 2.57. The predicted octanol–water partition coefficient (Wildman–Crippen LogP) is 0.953. The number of carbonyl (C=O) groups excluding carboxylic acids is 2. The van der Waals surface area contributed by atoms with Crippen LogP contribution < -0.4 is 0 Å². The van der Waals surface area contributed by atoms with Gasteiger partial charge in [0.1, 0.15) is 16.4 Å². The molecule has 1 aromatic carbocycles. The molecule has 2 saturated heterocycles. The molecule has 2 amide bonds. The van der Waals surface area contributed by atoms with Gasteiger partial charge in [-0.1, -0.05) is 6.07 Å². The maximum Gasteiger partial charge on any atom is 0.253 e. The van der Waals surface area contributed by atoms with Crippen molar-refractivity contribution in [2.24, 2.45) is 0 Å². The molecule has 0 N–H and O–H groups in total. The Hall–Kier alpha value is -1.96. The molecule has 0 bridgehead atoms. The van der Waals surface area contributed by atoms with Crippen LogP contribution in [0.15, 0.2) is 18.2 Å². The van der Waals surface area contributed by atoms with Gasteiger partial charge in [-0.3, -0.25) is 9.59 Å². The van der Waals surface area contributed by atoms with Crippen LogP contribution in [0.1, 0.15) is 28.8 Å². The molecule has 3 rings (SSSR count). The van der Waals surface area contributed by atoms with Crippen molar-refractivity contribution in [2.75, 3.05) is 25.9 Å². The fraction of sp³-hybridized carbons (Fsp3) is 0.500. The second-order valence-corrected chi connectivity index (χ2v) is 8.69. The van der Waals surface area contributed by atoms with Crippen molar-refractivity contribution in [2.45, 2.75) is 24.6 Å². The van der Waals surface area contributed by atoms with Crippen LogP contribution in [0.2, 0.25) is 0 Å². The highest BCUT2D eigenvalue weighted by atomic mass is 32.2. The van der Waals surface area contributed by atoms with Gasteiger partial charge in [0.2, 0.25) is 5.91 Å². The normalized spacial score (nSPS) is 22.2. The Balaban J connectivity index is 1.79. The Morgan fingerprint density at radius 3 is 2.38 bits per heavy atom. The minimum atomic E-state index is -3.56. The van der Waals surface area contributed by atoms with Crippen LogP contribution in [0.25, 0.3) is 0 Å². The van der Waals surface area contributed by atoms with Crippen molar-refractivity contribution in [3.8, 4) is 0 Å². The number of likely N-dealkylation sites (tertiary alicyclic amines) is 1. The average molecular weight is 354 g/mol. The van der Waals surface area contributed by atoms with Crippen LogP contribution in [0.5, 0.6) is 0 Å². The van der Waals surface area contributed by atoms with E-state index in [4.69, 9.17) is 0 Å². The van der Waals surface area contributed by atoms with E-state index in [9.17, 15) is 22.4 Å². The Labute approximate surface area is 140 Å². The van der Waals surface area contributed by atoms with E-state index in [0.29, 0.717) is 5.56 Å². The number of sulfone groups is 1.